The van der Waals surface area contributed by atoms with E-state index in [0.717, 1.165) is 19.3 Å². The highest BCUT2D eigenvalue weighted by molar-refractivity contribution is 6.12. The van der Waals surface area contributed by atoms with E-state index >= 15 is 0 Å². The molecule has 24 heteroatoms. The van der Waals surface area contributed by atoms with Crippen LogP contribution in [0.2, 0.25) is 0 Å². The lowest BCUT2D eigenvalue weighted by Crippen LogP contribution is -2.51. The van der Waals surface area contributed by atoms with Crippen molar-refractivity contribution in [3.8, 4) is 12.3 Å². The average Bonchev–Trinajstić information content (AvgIpc) is 3.73. The summed E-state index contributed by atoms with van der Waals surface area (Å²) in [6, 6.07) is 0. The van der Waals surface area contributed by atoms with Gasteiger partial charge in [0.05, 0.1) is 71.1 Å². The second-order valence-electron chi connectivity index (χ2n) is 19.3. The Morgan fingerprint density at radius 2 is 1.37 bits per heavy atom. The van der Waals surface area contributed by atoms with Gasteiger partial charge < -0.3 is 88.9 Å². The summed E-state index contributed by atoms with van der Waals surface area (Å²) in [5.41, 5.74) is 0. The molecule has 10 atom stereocenters. The SMILES string of the molecule is C#CCNC(=O)CCCCCO[C@H]1C[C@@H](O)[C@@H](OC)O[C@@H]1COCO[C@H](CO[C@H]1O[C@H](CO)[C@@H](O)C[C@H]1O)[C@H](CCO)OCCCCCC(=O)NCCOCCOCCNC(=O)C1CCC(CN2C(=O)C=CC2=O)CC1. The van der Waals surface area contributed by atoms with Crippen LogP contribution in [0.1, 0.15) is 96.3 Å². The van der Waals surface area contributed by atoms with E-state index in [2.05, 4.69) is 21.9 Å². The standard InChI is InChI=1S/C52H86N4O20/c1-3-19-53-46(62)10-6-5-9-24-72-42-30-40(61)51(67-2)76-45(42)33-70-35-74-44(34-73-52-39(60)29-38(59)43(32-58)75-52)41(18-22-57)71-23-8-4-7-11-47(63)54-20-25-68-27-28-69-26-21-55-50(66)37-14-12-36(13-15-37)31-56-48(64)16-17-49(56)65/h1,16-17,36-45,51-52,57-61H,4-15,18-35H2,2H3,(H,53,62)(H,54,63)(H,55,66)/t36?,37?,38-,39+,40+,41-,42-,43+,44+,45+,51-,52-/m0/s1. The molecule has 24 nitrogen and oxygen atoms in total. The zero-order valence-corrected chi connectivity index (χ0v) is 44.2. The van der Waals surface area contributed by atoms with Crippen LogP contribution < -0.4 is 16.0 Å². The quantitative estimate of drug-likeness (QED) is 0.0163. The normalized spacial score (nSPS) is 26.5. The molecule has 5 amide bonds. The number of hydrogen-bond acceptors (Lipinski definition) is 20. The van der Waals surface area contributed by atoms with Crippen molar-refractivity contribution in [2.75, 3.05) is 106 Å². The second kappa shape index (κ2) is 38.0. The van der Waals surface area contributed by atoms with E-state index in [0.29, 0.717) is 110 Å². The number of ether oxygens (including phenoxy) is 10. The molecular formula is C52H86N4O20. The Kier molecular flexibility index (Phi) is 32.3. The number of nitrogens with one attached hydrogen (secondary N) is 3. The molecule has 76 heavy (non-hydrogen) atoms. The highest BCUT2D eigenvalue weighted by Gasteiger charge is 2.40. The fraction of sp³-hybridized carbons (Fsp3) is 0.827. The number of hydrogen-bond donors (Lipinski definition) is 8. The number of carbonyl (C=O) groups is 5. The van der Waals surface area contributed by atoms with Crippen LogP contribution in [-0.4, -0.2) is 228 Å². The van der Waals surface area contributed by atoms with Gasteiger partial charge >= 0.3 is 0 Å². The zero-order valence-electron chi connectivity index (χ0n) is 44.2. The number of methoxy groups -OCH3 is 1. The largest absolute Gasteiger partial charge is 0.396 e. The first-order valence-corrected chi connectivity index (χ1v) is 26.9. The van der Waals surface area contributed by atoms with Crippen LogP contribution in [0.4, 0.5) is 0 Å². The summed E-state index contributed by atoms with van der Waals surface area (Å²) >= 11 is 0. The van der Waals surface area contributed by atoms with Crippen molar-refractivity contribution in [1.29, 1.82) is 0 Å². The number of aliphatic hydroxyl groups is 5. The summed E-state index contributed by atoms with van der Waals surface area (Å²) in [5, 5.41) is 59.5. The van der Waals surface area contributed by atoms with Crippen molar-refractivity contribution in [3.05, 3.63) is 12.2 Å². The second-order valence-corrected chi connectivity index (χ2v) is 19.3. The maximum atomic E-state index is 12.6. The smallest absolute Gasteiger partial charge is 0.253 e. The summed E-state index contributed by atoms with van der Waals surface area (Å²) in [7, 11) is 1.42. The van der Waals surface area contributed by atoms with Crippen molar-refractivity contribution in [3.63, 3.8) is 0 Å². The van der Waals surface area contributed by atoms with Gasteiger partial charge in [0.25, 0.3) is 11.8 Å². The molecule has 3 fully saturated rings. The summed E-state index contributed by atoms with van der Waals surface area (Å²) in [5.74, 6) is 1.68. The van der Waals surface area contributed by atoms with Crippen molar-refractivity contribution in [2.45, 2.75) is 158 Å². The fourth-order valence-electron chi connectivity index (χ4n) is 9.20. The van der Waals surface area contributed by atoms with Crippen molar-refractivity contribution in [2.24, 2.45) is 11.8 Å². The van der Waals surface area contributed by atoms with Gasteiger partial charge in [-0.25, -0.2) is 0 Å². The van der Waals surface area contributed by atoms with E-state index in [1.54, 1.807) is 0 Å². The highest BCUT2D eigenvalue weighted by atomic mass is 16.7. The Morgan fingerprint density at radius 1 is 0.724 bits per heavy atom. The van der Waals surface area contributed by atoms with Gasteiger partial charge in [0, 0.05) is 90.3 Å². The molecule has 0 radical (unpaired) electrons. The van der Waals surface area contributed by atoms with Crippen LogP contribution in [0.3, 0.4) is 0 Å². The lowest BCUT2D eigenvalue weighted by molar-refractivity contribution is -0.287. The van der Waals surface area contributed by atoms with Crippen LogP contribution in [0.5, 0.6) is 0 Å². The first kappa shape index (κ1) is 64.8. The molecular weight excluding hydrogens is 1000 g/mol. The molecule has 0 bridgehead atoms. The monoisotopic (exact) mass is 1090 g/mol. The fourth-order valence-corrected chi connectivity index (χ4v) is 9.20. The molecule has 0 spiro atoms. The number of amides is 5. The van der Waals surface area contributed by atoms with E-state index in [1.807, 2.05) is 0 Å². The van der Waals surface area contributed by atoms with E-state index in [4.69, 9.17) is 53.8 Å². The molecule has 3 heterocycles. The molecule has 0 aromatic heterocycles. The van der Waals surface area contributed by atoms with Gasteiger partial charge in [-0.15, -0.1) is 6.42 Å². The van der Waals surface area contributed by atoms with Gasteiger partial charge in [0.15, 0.2) is 12.6 Å². The summed E-state index contributed by atoms with van der Waals surface area (Å²) < 4.78 is 58.3. The van der Waals surface area contributed by atoms with Crippen LogP contribution in [-0.2, 0) is 71.3 Å². The molecule has 8 N–H and O–H groups in total. The van der Waals surface area contributed by atoms with Crippen molar-refractivity contribution < 1.29 is 96.9 Å². The Morgan fingerprint density at radius 3 is 2.03 bits per heavy atom. The first-order valence-electron chi connectivity index (χ1n) is 26.9. The number of unbranched alkanes of at least 4 members (excludes halogenated alkanes) is 4. The van der Waals surface area contributed by atoms with Gasteiger partial charge in [-0.3, -0.25) is 28.9 Å². The lowest BCUT2D eigenvalue weighted by atomic mass is 9.81. The minimum Gasteiger partial charge on any atom is -0.396 e. The van der Waals surface area contributed by atoms with Gasteiger partial charge in [-0.1, -0.05) is 18.8 Å². The van der Waals surface area contributed by atoms with Crippen LogP contribution in [0.15, 0.2) is 12.2 Å². The van der Waals surface area contributed by atoms with Crippen molar-refractivity contribution in [1.82, 2.24) is 20.9 Å². The minimum absolute atomic E-state index is 0.00747. The topological polar surface area (TPSA) is 318 Å². The molecule has 4 aliphatic rings. The third-order valence-corrected chi connectivity index (χ3v) is 13.6. The Labute approximate surface area is 446 Å². The lowest BCUT2D eigenvalue weighted by Gasteiger charge is -2.38. The number of rotatable bonds is 40. The van der Waals surface area contributed by atoms with Crippen LogP contribution in [0, 0.1) is 24.2 Å². The molecule has 1 saturated carbocycles. The number of terminal acetylenes is 1. The third kappa shape index (κ3) is 24.5. The summed E-state index contributed by atoms with van der Waals surface area (Å²) in [6.07, 6.45) is 6.58. The summed E-state index contributed by atoms with van der Waals surface area (Å²) in [4.78, 5) is 61.9. The molecule has 4 rings (SSSR count). The minimum atomic E-state index is -1.20. The predicted molar refractivity (Wildman–Crippen MR) is 269 cm³/mol. The Balaban J connectivity index is 1.09. The van der Waals surface area contributed by atoms with E-state index < -0.39 is 68.0 Å². The number of aliphatic hydroxyl groups excluding tert-OH is 5. The van der Waals surface area contributed by atoms with Gasteiger partial charge in [0.1, 0.15) is 37.3 Å². The average molecular weight is 1090 g/mol. The zero-order chi connectivity index (χ0) is 54.9. The number of carbonyl (C=O) groups excluding carboxylic acids is 5. The Bertz CT molecular complexity index is 1730. The first-order chi connectivity index (χ1) is 36.9. The van der Waals surface area contributed by atoms with E-state index in [9.17, 15) is 49.5 Å². The third-order valence-electron chi connectivity index (χ3n) is 13.6. The Hall–Kier alpha value is -3.75. The van der Waals surface area contributed by atoms with Crippen LogP contribution >= 0.6 is 0 Å². The van der Waals surface area contributed by atoms with E-state index in [-0.39, 0.29) is 100 Å². The van der Waals surface area contributed by atoms with Crippen LogP contribution in [0.25, 0.3) is 0 Å². The maximum Gasteiger partial charge on any atom is 0.253 e. The molecule has 0 aromatic carbocycles. The molecule has 434 valence electrons. The predicted octanol–water partition coefficient (Wildman–Crippen LogP) is -0.666. The van der Waals surface area contributed by atoms with Gasteiger partial charge in [0.2, 0.25) is 17.7 Å². The molecule has 1 aliphatic carbocycles. The number of imide groups is 1. The molecule has 3 aliphatic heterocycles. The molecule has 0 unspecified atom stereocenters. The number of nitrogens with zero attached hydrogens (tertiary/aromatic N) is 1. The molecule has 0 aromatic rings. The highest BCUT2D eigenvalue weighted by Crippen LogP contribution is 2.30. The van der Waals surface area contributed by atoms with Crippen molar-refractivity contribution >= 4 is 29.5 Å². The maximum absolute atomic E-state index is 12.6. The van der Waals surface area contributed by atoms with Gasteiger partial charge in [-0.05, 0) is 63.7 Å². The molecule has 2 saturated heterocycles. The van der Waals surface area contributed by atoms with E-state index in [1.165, 1.54) is 24.2 Å². The summed E-state index contributed by atoms with van der Waals surface area (Å²) in [6.45, 7) is 1.99. The van der Waals surface area contributed by atoms with Gasteiger partial charge in [-0.2, -0.15) is 0 Å².